The largest absolute Gasteiger partial charge is 0.346 e. The first-order chi connectivity index (χ1) is 13.7. The normalized spacial score (nSPS) is 14.3. The van der Waals surface area contributed by atoms with Crippen molar-refractivity contribution in [3.63, 3.8) is 0 Å². The molecule has 1 N–H and O–H groups in total. The minimum Gasteiger partial charge on any atom is -0.346 e. The predicted octanol–water partition coefficient (Wildman–Crippen LogP) is 4.55. The molecule has 0 unspecified atom stereocenters. The van der Waals surface area contributed by atoms with Crippen LogP contribution in [0.25, 0.3) is 11.4 Å². The molecular weight excluding hydrogens is 348 g/mol. The second-order valence-electron chi connectivity index (χ2n) is 7.35. The molecule has 0 radical (unpaired) electrons. The highest BCUT2D eigenvalue weighted by Crippen LogP contribution is 2.33. The third kappa shape index (κ3) is 3.98. The molecule has 1 saturated carbocycles. The van der Waals surface area contributed by atoms with Crippen molar-refractivity contribution in [3.8, 4) is 11.4 Å². The zero-order chi connectivity index (χ0) is 19.3. The van der Waals surface area contributed by atoms with Crippen molar-refractivity contribution < 1.29 is 4.79 Å². The van der Waals surface area contributed by atoms with Gasteiger partial charge in [0.1, 0.15) is 0 Å². The molecule has 28 heavy (non-hydrogen) atoms. The van der Waals surface area contributed by atoms with Crippen LogP contribution < -0.4 is 5.32 Å². The molecule has 0 spiro atoms. The highest BCUT2D eigenvalue weighted by molar-refractivity contribution is 5.94. The van der Waals surface area contributed by atoms with Crippen LogP contribution in [0.15, 0.2) is 54.7 Å². The maximum absolute atomic E-state index is 12.5. The van der Waals surface area contributed by atoms with Crippen LogP contribution in [-0.2, 0) is 13.0 Å². The van der Waals surface area contributed by atoms with E-state index in [1.54, 1.807) is 0 Å². The second-order valence-corrected chi connectivity index (χ2v) is 7.35. The molecule has 5 heteroatoms. The van der Waals surface area contributed by atoms with E-state index in [1.807, 2.05) is 48.7 Å². The van der Waals surface area contributed by atoms with E-state index in [9.17, 15) is 4.79 Å². The lowest BCUT2D eigenvalue weighted by Gasteiger charge is -2.13. The summed E-state index contributed by atoms with van der Waals surface area (Å²) in [5.74, 6) is -0.0718. The van der Waals surface area contributed by atoms with Crippen LogP contribution in [0, 0.1) is 0 Å². The molecule has 1 aliphatic rings. The zero-order valence-corrected chi connectivity index (χ0v) is 16.3. The number of hydrogen-bond acceptors (Lipinski definition) is 3. The molecule has 0 atom stereocenters. The average molecular weight is 374 g/mol. The lowest BCUT2D eigenvalue weighted by atomic mass is 10.1. The van der Waals surface area contributed by atoms with Crippen LogP contribution in [0.4, 0.5) is 0 Å². The Balaban J connectivity index is 1.52. The smallest absolute Gasteiger partial charge is 0.251 e. The van der Waals surface area contributed by atoms with Gasteiger partial charge in [0.25, 0.3) is 5.91 Å². The van der Waals surface area contributed by atoms with E-state index < -0.39 is 0 Å². The van der Waals surface area contributed by atoms with Gasteiger partial charge in [-0.2, -0.15) is 5.10 Å². The summed E-state index contributed by atoms with van der Waals surface area (Å²) in [6, 6.07) is 16.2. The maximum atomic E-state index is 12.5. The van der Waals surface area contributed by atoms with Crippen LogP contribution in [0.5, 0.6) is 0 Å². The average Bonchev–Trinajstić information content (AvgIpc) is 3.42. The van der Waals surface area contributed by atoms with Gasteiger partial charge >= 0.3 is 0 Å². The van der Waals surface area contributed by atoms with Crippen LogP contribution >= 0.6 is 0 Å². The van der Waals surface area contributed by atoms with Crippen molar-refractivity contribution in [2.75, 3.05) is 0 Å². The molecule has 144 valence electrons. The van der Waals surface area contributed by atoms with Gasteiger partial charge in [-0.15, -0.1) is 0 Å². The minimum absolute atomic E-state index is 0.0718. The number of carbonyl (C=O) groups excluding carboxylic acids is 1. The predicted molar refractivity (Wildman–Crippen MR) is 110 cm³/mol. The third-order valence-corrected chi connectivity index (χ3v) is 5.44. The van der Waals surface area contributed by atoms with Gasteiger partial charge in [0.15, 0.2) is 0 Å². The number of carbonyl (C=O) groups is 1. The number of nitrogens with one attached hydrogen (secondary N) is 1. The van der Waals surface area contributed by atoms with E-state index in [4.69, 9.17) is 5.10 Å². The topological polar surface area (TPSA) is 59.8 Å². The number of amides is 1. The van der Waals surface area contributed by atoms with Gasteiger partial charge in [-0.25, -0.2) is 0 Å². The first-order valence-corrected chi connectivity index (χ1v) is 10.1. The Bertz CT molecular complexity index is 925. The maximum Gasteiger partial charge on any atom is 0.251 e. The van der Waals surface area contributed by atoms with E-state index >= 15 is 0 Å². The molecule has 1 fully saturated rings. The molecule has 0 aliphatic heterocycles. The van der Waals surface area contributed by atoms with Crippen molar-refractivity contribution in [3.05, 3.63) is 71.5 Å². The molecule has 1 amide bonds. The van der Waals surface area contributed by atoms with Gasteiger partial charge in [0, 0.05) is 11.8 Å². The number of aromatic nitrogens is 3. The second kappa shape index (κ2) is 8.38. The van der Waals surface area contributed by atoms with Crippen LogP contribution in [-0.4, -0.2) is 20.7 Å². The fourth-order valence-corrected chi connectivity index (χ4v) is 3.83. The highest BCUT2D eigenvalue weighted by atomic mass is 16.1. The van der Waals surface area contributed by atoms with Crippen LogP contribution in [0.1, 0.15) is 60.3 Å². The summed E-state index contributed by atoms with van der Waals surface area (Å²) in [6.07, 6.45) is 7.56. The van der Waals surface area contributed by atoms with Gasteiger partial charge < -0.3 is 5.32 Å². The van der Waals surface area contributed by atoms with E-state index in [0.29, 0.717) is 18.2 Å². The Morgan fingerprint density at radius 2 is 1.93 bits per heavy atom. The van der Waals surface area contributed by atoms with Gasteiger partial charge in [-0.05, 0) is 55.2 Å². The van der Waals surface area contributed by atoms with Crippen LogP contribution in [0.3, 0.4) is 0 Å². The number of aryl methyl sites for hydroxylation is 1. The van der Waals surface area contributed by atoms with E-state index in [-0.39, 0.29) is 5.91 Å². The molecule has 0 saturated heterocycles. The lowest BCUT2D eigenvalue weighted by Crippen LogP contribution is -2.23. The molecule has 2 heterocycles. The highest BCUT2D eigenvalue weighted by Gasteiger charge is 2.22. The lowest BCUT2D eigenvalue weighted by molar-refractivity contribution is 0.0950. The van der Waals surface area contributed by atoms with Crippen molar-refractivity contribution in [2.24, 2.45) is 0 Å². The summed E-state index contributed by atoms with van der Waals surface area (Å²) in [7, 11) is 0. The molecule has 5 nitrogen and oxygen atoms in total. The fourth-order valence-electron chi connectivity index (χ4n) is 3.83. The number of benzene rings is 1. The summed E-state index contributed by atoms with van der Waals surface area (Å²) in [5, 5.41) is 7.82. The SMILES string of the molecule is CCc1ccc(C(=O)NCc2cc(-c3ccccn3)n(C3CCCC3)n2)cc1. The number of pyridine rings is 1. The first-order valence-electron chi connectivity index (χ1n) is 10.1. The fraction of sp³-hybridized carbons (Fsp3) is 0.348. The quantitative estimate of drug-likeness (QED) is 0.688. The molecular formula is C23H26N4O. The summed E-state index contributed by atoms with van der Waals surface area (Å²) in [5.41, 5.74) is 4.73. The van der Waals surface area contributed by atoms with E-state index in [2.05, 4.69) is 28.0 Å². The summed E-state index contributed by atoms with van der Waals surface area (Å²) in [4.78, 5) is 17.0. The number of nitrogens with zero attached hydrogens (tertiary/aromatic N) is 3. The van der Waals surface area contributed by atoms with Gasteiger partial charge in [-0.1, -0.05) is 38.0 Å². The molecule has 0 bridgehead atoms. The standard InChI is InChI=1S/C23H26N4O/c1-2-17-10-12-18(13-11-17)23(28)25-16-19-15-22(21-9-5-6-14-24-21)27(26-19)20-7-3-4-8-20/h5-6,9-15,20H,2-4,7-8,16H2,1H3,(H,25,28). The number of rotatable bonds is 6. The van der Waals surface area contributed by atoms with E-state index in [1.165, 1.54) is 18.4 Å². The Kier molecular flexibility index (Phi) is 5.51. The van der Waals surface area contributed by atoms with Crippen molar-refractivity contribution in [1.82, 2.24) is 20.1 Å². The van der Waals surface area contributed by atoms with Gasteiger partial charge in [-0.3, -0.25) is 14.5 Å². The van der Waals surface area contributed by atoms with Gasteiger partial charge in [0.05, 0.1) is 29.7 Å². The monoisotopic (exact) mass is 374 g/mol. The minimum atomic E-state index is -0.0718. The zero-order valence-electron chi connectivity index (χ0n) is 16.3. The molecule has 3 aromatic rings. The molecule has 2 aromatic heterocycles. The Labute approximate surface area is 165 Å². The Morgan fingerprint density at radius 3 is 2.61 bits per heavy atom. The Hall–Kier alpha value is -2.95. The summed E-state index contributed by atoms with van der Waals surface area (Å²) >= 11 is 0. The molecule has 1 aliphatic carbocycles. The van der Waals surface area contributed by atoms with Crippen molar-refractivity contribution in [2.45, 2.75) is 51.6 Å². The van der Waals surface area contributed by atoms with Crippen molar-refractivity contribution >= 4 is 5.91 Å². The molecule has 1 aromatic carbocycles. The number of hydrogen-bond donors (Lipinski definition) is 1. The van der Waals surface area contributed by atoms with Crippen molar-refractivity contribution in [1.29, 1.82) is 0 Å². The first kappa shape index (κ1) is 18.4. The summed E-state index contributed by atoms with van der Waals surface area (Å²) < 4.78 is 2.12. The molecule has 4 rings (SSSR count). The third-order valence-electron chi connectivity index (χ3n) is 5.44. The Morgan fingerprint density at radius 1 is 1.14 bits per heavy atom. The van der Waals surface area contributed by atoms with Gasteiger partial charge in [0.2, 0.25) is 0 Å². The van der Waals surface area contributed by atoms with E-state index in [0.717, 1.165) is 36.3 Å². The summed E-state index contributed by atoms with van der Waals surface area (Å²) in [6.45, 7) is 2.52. The van der Waals surface area contributed by atoms with Crippen LogP contribution in [0.2, 0.25) is 0 Å².